The first-order valence-electron chi connectivity index (χ1n) is 10.9. The maximum Gasteiger partial charge on any atom is 0.179 e. The van der Waals surface area contributed by atoms with Crippen LogP contribution in [0.15, 0.2) is 29.4 Å². The number of hydrazone groups is 1. The van der Waals surface area contributed by atoms with Crippen LogP contribution in [0.5, 0.6) is 0 Å². The minimum absolute atomic E-state index is 0.0262. The molecule has 0 N–H and O–H groups in total. The smallest absolute Gasteiger partial charge is 0.179 e. The highest BCUT2D eigenvalue weighted by molar-refractivity contribution is 6.40. The summed E-state index contributed by atoms with van der Waals surface area (Å²) >= 11 is 0. The van der Waals surface area contributed by atoms with Gasteiger partial charge in [-0.25, -0.2) is 4.39 Å². The lowest BCUT2D eigenvalue weighted by atomic mass is 9.65. The molecule has 0 aromatic heterocycles. The van der Waals surface area contributed by atoms with Gasteiger partial charge in [0.2, 0.25) is 0 Å². The van der Waals surface area contributed by atoms with Crippen LogP contribution in [0.4, 0.5) is 4.39 Å². The molecular formula is C24H33FN2O. The highest BCUT2D eigenvalue weighted by atomic mass is 19.1. The SMILES string of the molecule is CCCN1N=C(C(=O)C[C@H]2C[C@H]3CC[C@]2(C)C3(C)C)CC1c1cccc(F)c1. The summed E-state index contributed by atoms with van der Waals surface area (Å²) in [7, 11) is 0. The third kappa shape index (κ3) is 3.00. The van der Waals surface area contributed by atoms with E-state index in [1.807, 2.05) is 11.1 Å². The summed E-state index contributed by atoms with van der Waals surface area (Å²) in [5, 5.41) is 6.70. The molecule has 152 valence electrons. The molecule has 1 aromatic carbocycles. The molecule has 4 rings (SSSR count). The van der Waals surface area contributed by atoms with E-state index in [4.69, 9.17) is 5.10 Å². The van der Waals surface area contributed by atoms with Gasteiger partial charge in [0.15, 0.2) is 5.78 Å². The van der Waals surface area contributed by atoms with E-state index in [0.29, 0.717) is 29.9 Å². The molecule has 2 saturated carbocycles. The van der Waals surface area contributed by atoms with Crippen LogP contribution in [0.3, 0.4) is 0 Å². The topological polar surface area (TPSA) is 32.7 Å². The predicted octanol–water partition coefficient (Wildman–Crippen LogP) is 5.76. The molecule has 1 unspecified atom stereocenters. The van der Waals surface area contributed by atoms with E-state index < -0.39 is 0 Å². The van der Waals surface area contributed by atoms with Crippen molar-refractivity contribution in [2.75, 3.05) is 6.54 Å². The minimum atomic E-state index is -0.231. The molecule has 0 spiro atoms. The Labute approximate surface area is 168 Å². The zero-order valence-corrected chi connectivity index (χ0v) is 17.7. The Morgan fingerprint density at radius 2 is 2.11 bits per heavy atom. The van der Waals surface area contributed by atoms with Gasteiger partial charge in [0, 0.05) is 19.4 Å². The fraction of sp³-hybridized carbons (Fsp3) is 0.667. The number of rotatable bonds is 6. The molecule has 1 heterocycles. The van der Waals surface area contributed by atoms with Crippen LogP contribution in [0.1, 0.15) is 77.8 Å². The van der Waals surface area contributed by atoms with Crippen molar-refractivity contribution in [3.8, 4) is 0 Å². The van der Waals surface area contributed by atoms with Crippen molar-refractivity contribution in [2.45, 2.75) is 72.3 Å². The van der Waals surface area contributed by atoms with Crippen LogP contribution in [0.25, 0.3) is 0 Å². The van der Waals surface area contributed by atoms with Gasteiger partial charge < -0.3 is 0 Å². The molecule has 0 saturated heterocycles. The number of halogens is 1. The lowest BCUT2D eigenvalue weighted by molar-refractivity contribution is -0.115. The van der Waals surface area contributed by atoms with Crippen molar-refractivity contribution in [1.29, 1.82) is 0 Å². The summed E-state index contributed by atoms with van der Waals surface area (Å²) < 4.78 is 13.7. The quantitative estimate of drug-likeness (QED) is 0.624. The molecule has 1 aliphatic heterocycles. The number of fused-ring (bicyclic) bond motifs is 2. The summed E-state index contributed by atoms with van der Waals surface area (Å²) in [6, 6.07) is 6.70. The first-order valence-corrected chi connectivity index (χ1v) is 10.9. The Bertz CT molecular complexity index is 802. The molecule has 2 bridgehead atoms. The summed E-state index contributed by atoms with van der Waals surface area (Å²) in [5.74, 6) is 1.18. The molecule has 3 aliphatic rings. The third-order valence-corrected chi connectivity index (χ3v) is 8.41. The zero-order valence-electron chi connectivity index (χ0n) is 17.7. The largest absolute Gasteiger partial charge is 0.293 e. The maximum absolute atomic E-state index is 13.7. The Morgan fingerprint density at radius 3 is 2.71 bits per heavy atom. The molecule has 4 atom stereocenters. The second-order valence-corrected chi connectivity index (χ2v) is 9.92. The zero-order chi connectivity index (χ0) is 20.1. The Hall–Kier alpha value is -1.71. The Kier molecular flexibility index (Phi) is 4.87. The van der Waals surface area contributed by atoms with E-state index in [9.17, 15) is 9.18 Å². The lowest BCUT2D eigenvalue weighted by Crippen LogP contribution is -2.34. The highest BCUT2D eigenvalue weighted by Gasteiger charge is 2.61. The standard InChI is InChI=1S/C24H33FN2O/c1-5-11-27-21(16-7-6-8-19(25)12-16)15-20(26-27)22(28)14-18-13-17-9-10-24(18,4)23(17,2)3/h6-8,12,17-18,21H,5,9-11,13-15H2,1-4H3/t17-,18-,21?,24+/m1/s1. The van der Waals surface area contributed by atoms with Crippen LogP contribution in [0, 0.1) is 28.5 Å². The van der Waals surface area contributed by atoms with Gasteiger partial charge in [-0.2, -0.15) is 5.10 Å². The summed E-state index contributed by atoms with van der Waals surface area (Å²) in [5.41, 5.74) is 2.19. The van der Waals surface area contributed by atoms with Gasteiger partial charge in [0.25, 0.3) is 0 Å². The normalized spacial score (nSPS) is 33.4. The lowest BCUT2D eigenvalue weighted by Gasteiger charge is -2.39. The summed E-state index contributed by atoms with van der Waals surface area (Å²) in [6.07, 6.45) is 5.88. The molecular weight excluding hydrogens is 351 g/mol. The number of hydrogen-bond acceptors (Lipinski definition) is 3. The van der Waals surface area contributed by atoms with Crippen molar-refractivity contribution in [1.82, 2.24) is 5.01 Å². The van der Waals surface area contributed by atoms with Crippen LogP contribution >= 0.6 is 0 Å². The monoisotopic (exact) mass is 384 g/mol. The van der Waals surface area contributed by atoms with Crippen molar-refractivity contribution in [3.05, 3.63) is 35.6 Å². The van der Waals surface area contributed by atoms with Gasteiger partial charge >= 0.3 is 0 Å². The van der Waals surface area contributed by atoms with E-state index in [0.717, 1.165) is 24.4 Å². The summed E-state index contributed by atoms with van der Waals surface area (Å²) in [6.45, 7) is 10.1. The van der Waals surface area contributed by atoms with Crippen LogP contribution in [-0.2, 0) is 4.79 Å². The van der Waals surface area contributed by atoms with E-state index in [1.54, 1.807) is 12.1 Å². The van der Waals surface area contributed by atoms with Crippen molar-refractivity contribution in [3.63, 3.8) is 0 Å². The molecule has 3 nitrogen and oxygen atoms in total. The van der Waals surface area contributed by atoms with Gasteiger partial charge in [0.1, 0.15) is 11.5 Å². The van der Waals surface area contributed by atoms with Crippen molar-refractivity contribution in [2.24, 2.45) is 27.8 Å². The van der Waals surface area contributed by atoms with E-state index >= 15 is 0 Å². The highest BCUT2D eigenvalue weighted by Crippen LogP contribution is 2.68. The Morgan fingerprint density at radius 1 is 1.32 bits per heavy atom. The molecule has 0 radical (unpaired) electrons. The van der Waals surface area contributed by atoms with E-state index in [1.165, 1.54) is 25.3 Å². The van der Waals surface area contributed by atoms with Gasteiger partial charge in [-0.05, 0) is 66.0 Å². The van der Waals surface area contributed by atoms with Gasteiger partial charge in [-0.3, -0.25) is 9.80 Å². The average molecular weight is 385 g/mol. The number of ketones is 1. The predicted molar refractivity (Wildman–Crippen MR) is 111 cm³/mol. The van der Waals surface area contributed by atoms with Gasteiger partial charge in [0.05, 0.1) is 6.04 Å². The second kappa shape index (κ2) is 6.96. The molecule has 2 aliphatic carbocycles. The molecule has 4 heteroatoms. The molecule has 0 amide bonds. The first-order chi connectivity index (χ1) is 13.3. The van der Waals surface area contributed by atoms with Crippen molar-refractivity contribution >= 4 is 11.5 Å². The minimum Gasteiger partial charge on any atom is -0.293 e. The van der Waals surface area contributed by atoms with E-state index in [-0.39, 0.29) is 23.1 Å². The fourth-order valence-corrected chi connectivity index (χ4v) is 6.18. The fourth-order valence-electron chi connectivity index (χ4n) is 6.18. The van der Waals surface area contributed by atoms with Crippen molar-refractivity contribution < 1.29 is 9.18 Å². The van der Waals surface area contributed by atoms with Crippen LogP contribution in [0.2, 0.25) is 0 Å². The number of benzene rings is 1. The van der Waals surface area contributed by atoms with Crippen LogP contribution < -0.4 is 0 Å². The van der Waals surface area contributed by atoms with Crippen LogP contribution in [-0.4, -0.2) is 23.0 Å². The number of hydrogen-bond donors (Lipinski definition) is 0. The maximum atomic E-state index is 13.7. The second-order valence-electron chi connectivity index (χ2n) is 9.92. The number of carbonyl (C=O) groups excluding carboxylic acids is 1. The number of Topliss-reactive ketones (excluding diaryl/α,β-unsaturated/α-hetero) is 1. The third-order valence-electron chi connectivity index (χ3n) is 8.41. The molecule has 2 fully saturated rings. The first kappa shape index (κ1) is 19.6. The number of nitrogens with zero attached hydrogens (tertiary/aromatic N) is 2. The number of carbonyl (C=O) groups is 1. The Balaban J connectivity index is 1.50. The van der Waals surface area contributed by atoms with Gasteiger partial charge in [-0.15, -0.1) is 0 Å². The molecule has 1 aromatic rings. The van der Waals surface area contributed by atoms with Gasteiger partial charge in [-0.1, -0.05) is 39.8 Å². The molecule has 28 heavy (non-hydrogen) atoms. The van der Waals surface area contributed by atoms with E-state index in [2.05, 4.69) is 27.7 Å². The summed E-state index contributed by atoms with van der Waals surface area (Å²) in [4.78, 5) is 13.2. The average Bonchev–Trinajstić information content (AvgIpc) is 3.22.